The van der Waals surface area contributed by atoms with E-state index in [2.05, 4.69) is 22.5 Å². The Bertz CT molecular complexity index is 312. The minimum Gasteiger partial charge on any atom is -0.457 e. The maximum Gasteiger partial charge on any atom is 0.179 e. The number of Topliss-reactive ketones (excluding diaryl/α,β-unsaturated/α-hetero) is 1. The lowest BCUT2D eigenvalue weighted by Gasteiger charge is -1.96. The molecule has 0 aliphatic rings. The summed E-state index contributed by atoms with van der Waals surface area (Å²) in [5.41, 5.74) is 1.44. The van der Waals surface area contributed by atoms with E-state index in [9.17, 15) is 4.79 Å². The van der Waals surface area contributed by atoms with Gasteiger partial charge in [0.15, 0.2) is 10.5 Å². The van der Waals surface area contributed by atoms with Gasteiger partial charge in [-0.1, -0.05) is 12.2 Å². The topological polar surface area (TPSA) is 30.2 Å². The van der Waals surface area contributed by atoms with Crippen LogP contribution in [0, 0.1) is 0 Å². The van der Waals surface area contributed by atoms with Gasteiger partial charge in [-0.3, -0.25) is 4.79 Å². The van der Waals surface area contributed by atoms with Gasteiger partial charge in [0.25, 0.3) is 0 Å². The average Bonchev–Trinajstić information content (AvgIpc) is 2.33. The van der Waals surface area contributed by atoms with Crippen LogP contribution in [0.4, 0.5) is 0 Å². The first-order chi connectivity index (χ1) is 5.61. The molecule has 1 aromatic heterocycles. The van der Waals surface area contributed by atoms with E-state index >= 15 is 0 Å². The highest BCUT2D eigenvalue weighted by atomic mass is 79.9. The number of carbonyl (C=O) groups is 1. The van der Waals surface area contributed by atoms with Crippen molar-refractivity contribution in [3.05, 3.63) is 34.7 Å². The average molecular weight is 229 g/mol. The predicted molar refractivity (Wildman–Crippen MR) is 50.2 cm³/mol. The van der Waals surface area contributed by atoms with Gasteiger partial charge in [0.05, 0.1) is 11.8 Å². The molecular weight excluding hydrogens is 220 g/mol. The molecule has 1 aromatic rings. The van der Waals surface area contributed by atoms with Crippen molar-refractivity contribution in [2.24, 2.45) is 0 Å². The van der Waals surface area contributed by atoms with Crippen LogP contribution in [0.2, 0.25) is 0 Å². The third-order valence-electron chi connectivity index (χ3n) is 1.38. The van der Waals surface area contributed by atoms with E-state index in [4.69, 9.17) is 4.42 Å². The maximum atomic E-state index is 11.4. The molecule has 0 aromatic carbocycles. The highest BCUT2D eigenvalue weighted by Crippen LogP contribution is 2.20. The Morgan fingerprint density at radius 2 is 2.42 bits per heavy atom. The van der Waals surface area contributed by atoms with Crippen molar-refractivity contribution in [1.29, 1.82) is 0 Å². The van der Waals surface area contributed by atoms with Gasteiger partial charge < -0.3 is 4.42 Å². The standard InChI is InChI=1S/C9H9BrO2/c1-6(2)5-8(11)7-3-4-12-9(7)10/h3-4H,1,5H2,2H3. The van der Waals surface area contributed by atoms with Gasteiger partial charge in [0, 0.05) is 6.42 Å². The van der Waals surface area contributed by atoms with Crippen molar-refractivity contribution in [2.75, 3.05) is 0 Å². The summed E-state index contributed by atoms with van der Waals surface area (Å²) in [5, 5.41) is 0. The third kappa shape index (κ3) is 2.08. The molecule has 0 spiro atoms. The second kappa shape index (κ2) is 3.72. The van der Waals surface area contributed by atoms with E-state index in [0.29, 0.717) is 16.7 Å². The Kier molecular flexibility index (Phi) is 2.87. The fourth-order valence-corrected chi connectivity index (χ4v) is 1.32. The number of carbonyl (C=O) groups excluding carboxylic acids is 1. The molecule has 1 rings (SSSR count). The van der Waals surface area contributed by atoms with Gasteiger partial charge in [-0.25, -0.2) is 0 Å². The van der Waals surface area contributed by atoms with Gasteiger partial charge in [0.2, 0.25) is 0 Å². The van der Waals surface area contributed by atoms with Crippen LogP contribution in [0.1, 0.15) is 23.7 Å². The SMILES string of the molecule is C=C(C)CC(=O)c1ccoc1Br. The lowest BCUT2D eigenvalue weighted by Crippen LogP contribution is -1.97. The van der Waals surface area contributed by atoms with Crippen molar-refractivity contribution in [3.8, 4) is 0 Å². The number of hydrogen-bond acceptors (Lipinski definition) is 2. The lowest BCUT2D eigenvalue weighted by atomic mass is 10.1. The summed E-state index contributed by atoms with van der Waals surface area (Å²) in [6.07, 6.45) is 1.86. The number of allylic oxidation sites excluding steroid dienone is 1. The smallest absolute Gasteiger partial charge is 0.179 e. The van der Waals surface area contributed by atoms with Gasteiger partial charge in [0.1, 0.15) is 0 Å². The van der Waals surface area contributed by atoms with Crippen molar-refractivity contribution in [2.45, 2.75) is 13.3 Å². The predicted octanol–water partition coefficient (Wildman–Crippen LogP) is 3.19. The summed E-state index contributed by atoms with van der Waals surface area (Å²) >= 11 is 3.14. The zero-order valence-corrected chi connectivity index (χ0v) is 8.35. The van der Waals surface area contributed by atoms with Crippen molar-refractivity contribution >= 4 is 21.7 Å². The van der Waals surface area contributed by atoms with Crippen LogP contribution in [-0.4, -0.2) is 5.78 Å². The van der Waals surface area contributed by atoms with Crippen LogP contribution in [0.25, 0.3) is 0 Å². The van der Waals surface area contributed by atoms with E-state index in [1.807, 2.05) is 6.92 Å². The summed E-state index contributed by atoms with van der Waals surface area (Å²) in [4.78, 5) is 11.4. The Morgan fingerprint density at radius 3 is 2.83 bits per heavy atom. The van der Waals surface area contributed by atoms with Crippen LogP contribution in [0.15, 0.2) is 33.6 Å². The molecule has 0 saturated carbocycles. The number of rotatable bonds is 3. The van der Waals surface area contributed by atoms with Crippen molar-refractivity contribution in [1.82, 2.24) is 0 Å². The third-order valence-corrected chi connectivity index (χ3v) is 1.99. The van der Waals surface area contributed by atoms with Gasteiger partial charge in [-0.2, -0.15) is 0 Å². The molecule has 1 heterocycles. The molecule has 0 aliphatic heterocycles. The molecule has 3 heteroatoms. The first-order valence-electron chi connectivity index (χ1n) is 3.52. The van der Waals surface area contributed by atoms with Crippen LogP contribution in [0.3, 0.4) is 0 Å². The van der Waals surface area contributed by atoms with Crippen LogP contribution in [0.5, 0.6) is 0 Å². The van der Waals surface area contributed by atoms with Crippen LogP contribution < -0.4 is 0 Å². The zero-order valence-electron chi connectivity index (χ0n) is 6.76. The molecule has 0 radical (unpaired) electrons. The van der Waals surface area contributed by atoms with Gasteiger partial charge in [-0.15, -0.1) is 0 Å². The second-order valence-electron chi connectivity index (χ2n) is 2.67. The number of ketones is 1. The number of furan rings is 1. The monoisotopic (exact) mass is 228 g/mol. The van der Waals surface area contributed by atoms with E-state index < -0.39 is 0 Å². The molecule has 0 bridgehead atoms. The maximum absolute atomic E-state index is 11.4. The highest BCUT2D eigenvalue weighted by Gasteiger charge is 2.11. The fourth-order valence-electron chi connectivity index (χ4n) is 0.863. The zero-order chi connectivity index (χ0) is 9.14. The quantitative estimate of drug-likeness (QED) is 0.588. The van der Waals surface area contributed by atoms with E-state index in [1.54, 1.807) is 6.07 Å². The number of halogens is 1. The minimum atomic E-state index is 0.0307. The Labute approximate surface area is 79.4 Å². The van der Waals surface area contributed by atoms with E-state index in [0.717, 1.165) is 5.57 Å². The summed E-state index contributed by atoms with van der Waals surface area (Å²) < 4.78 is 5.43. The summed E-state index contributed by atoms with van der Waals surface area (Å²) in [5.74, 6) is 0.0307. The normalized spacial score (nSPS) is 9.83. The molecule has 0 atom stereocenters. The first-order valence-corrected chi connectivity index (χ1v) is 4.31. The number of hydrogen-bond donors (Lipinski definition) is 0. The largest absolute Gasteiger partial charge is 0.457 e. The van der Waals surface area contributed by atoms with Crippen LogP contribution >= 0.6 is 15.9 Å². The molecule has 2 nitrogen and oxygen atoms in total. The van der Waals surface area contributed by atoms with Crippen LogP contribution in [-0.2, 0) is 0 Å². The summed E-state index contributed by atoms with van der Waals surface area (Å²) in [6, 6.07) is 1.65. The summed E-state index contributed by atoms with van der Waals surface area (Å²) in [7, 11) is 0. The Balaban J connectivity index is 2.78. The highest BCUT2D eigenvalue weighted by molar-refractivity contribution is 9.10. The Hall–Kier alpha value is -0.830. The fraction of sp³-hybridized carbons (Fsp3) is 0.222. The summed E-state index contributed by atoms with van der Waals surface area (Å²) in [6.45, 7) is 5.49. The van der Waals surface area contributed by atoms with E-state index in [-0.39, 0.29) is 5.78 Å². The molecule has 0 saturated heterocycles. The molecule has 0 fully saturated rings. The van der Waals surface area contributed by atoms with Crippen molar-refractivity contribution in [3.63, 3.8) is 0 Å². The van der Waals surface area contributed by atoms with Gasteiger partial charge >= 0.3 is 0 Å². The molecule has 0 amide bonds. The molecule has 0 unspecified atom stereocenters. The molecule has 64 valence electrons. The van der Waals surface area contributed by atoms with Gasteiger partial charge in [-0.05, 0) is 28.9 Å². The second-order valence-corrected chi connectivity index (χ2v) is 3.39. The molecule has 0 aliphatic carbocycles. The molecule has 12 heavy (non-hydrogen) atoms. The first kappa shape index (κ1) is 9.26. The van der Waals surface area contributed by atoms with Crippen molar-refractivity contribution < 1.29 is 9.21 Å². The lowest BCUT2D eigenvalue weighted by molar-refractivity contribution is 0.0991. The van der Waals surface area contributed by atoms with E-state index in [1.165, 1.54) is 6.26 Å². The molecular formula is C9H9BrO2. The molecule has 0 N–H and O–H groups in total. The minimum absolute atomic E-state index is 0.0307. The Morgan fingerprint density at radius 1 is 1.75 bits per heavy atom.